The Balaban J connectivity index is 0.00000241. The number of pyridine rings is 1. The number of nitrogen functional groups attached to an aromatic ring is 1. The van der Waals surface area contributed by atoms with E-state index in [0.717, 1.165) is 44.0 Å². The number of piperazine rings is 1. The Hall–Kier alpha value is -2.62. The fourth-order valence-corrected chi connectivity index (χ4v) is 4.50. The van der Waals surface area contributed by atoms with Crippen LogP contribution in [-0.2, 0) is 17.9 Å². The Kier molecular flexibility index (Phi) is 15.0. The van der Waals surface area contributed by atoms with Crippen LogP contribution in [0.4, 0.5) is 21.7 Å². The number of aromatic amines is 1. The number of aromatic nitrogens is 1. The molecule has 0 radical (unpaired) electrons. The molecule has 1 aliphatic heterocycles. The Labute approximate surface area is 242 Å². The fourth-order valence-electron chi connectivity index (χ4n) is 4.50. The Morgan fingerprint density at radius 1 is 0.868 bits per heavy atom. The van der Waals surface area contributed by atoms with Crippen LogP contribution in [0.5, 0.6) is 0 Å². The van der Waals surface area contributed by atoms with E-state index < -0.39 is 0 Å². The van der Waals surface area contributed by atoms with Crippen LogP contribution in [0, 0.1) is 5.82 Å². The second kappa shape index (κ2) is 17.1. The average molecular weight is 586 g/mol. The first kappa shape index (κ1) is 33.4. The van der Waals surface area contributed by atoms with Crippen molar-refractivity contribution in [2.75, 3.05) is 49.1 Å². The molecule has 7 N–H and O–H groups in total. The number of carbonyl (C=O) groups is 1. The lowest BCUT2D eigenvalue weighted by Crippen LogP contribution is -3.27. The summed E-state index contributed by atoms with van der Waals surface area (Å²) in [6.07, 6.45) is 1.34. The number of hydrogen-bond donors (Lipinski definition) is 5. The summed E-state index contributed by atoms with van der Waals surface area (Å²) in [7, 11) is 0. The Bertz CT molecular complexity index is 1100. The van der Waals surface area contributed by atoms with Crippen molar-refractivity contribution in [1.29, 1.82) is 0 Å². The first-order valence-electron chi connectivity index (χ1n) is 12.4. The molecule has 1 amide bonds. The maximum absolute atomic E-state index is 13.0. The van der Waals surface area contributed by atoms with Gasteiger partial charge in [0.1, 0.15) is 44.2 Å². The highest BCUT2D eigenvalue weighted by Gasteiger charge is 2.23. The van der Waals surface area contributed by atoms with Crippen LogP contribution in [0.3, 0.4) is 0 Å². The molecule has 1 aliphatic rings. The van der Waals surface area contributed by atoms with E-state index in [-0.39, 0.29) is 48.9 Å². The van der Waals surface area contributed by atoms with E-state index in [2.05, 4.69) is 45.9 Å². The highest BCUT2D eigenvalue weighted by Crippen LogP contribution is 2.15. The second-order valence-corrected chi connectivity index (χ2v) is 9.24. The zero-order valence-electron chi connectivity index (χ0n) is 21.2. The fraction of sp³-hybridized carbons (Fsp3) is 0.333. The SMILES string of the molecule is Nc1[nH+]c(NCc2ccc(F)cc2)ccc1NC(=O)CCC[NH+]1CC[NH+](Cc2ccccc2)CC1.[Cl-].[Cl-].[Cl-]. The standard InChI is InChI=1S/C27H33FN6O.3ClH/c28-23-10-8-21(9-11-23)19-30-25-13-12-24(27(29)32-25)31-26(35)7-4-14-33-15-17-34(18-16-33)20-22-5-2-1-3-6-22;;;/h1-3,5-6,8-13H,4,7,14-20H2,(H,31,35)(H3,29,30,32);3*1H. The summed E-state index contributed by atoms with van der Waals surface area (Å²) in [6, 6.07) is 20.6. The first-order chi connectivity index (χ1) is 17.0. The minimum Gasteiger partial charge on any atom is -1.00 e. The first-order valence-corrected chi connectivity index (χ1v) is 12.4. The van der Waals surface area contributed by atoms with Gasteiger partial charge in [0.15, 0.2) is 0 Å². The van der Waals surface area contributed by atoms with Crippen molar-refractivity contribution >= 4 is 23.2 Å². The second-order valence-electron chi connectivity index (χ2n) is 9.24. The van der Waals surface area contributed by atoms with Crippen LogP contribution in [-0.4, -0.2) is 38.6 Å². The van der Waals surface area contributed by atoms with Gasteiger partial charge < -0.3 is 63.4 Å². The van der Waals surface area contributed by atoms with Gasteiger partial charge in [0.2, 0.25) is 17.5 Å². The average Bonchev–Trinajstić information content (AvgIpc) is 2.87. The van der Waals surface area contributed by atoms with Crippen LogP contribution < -0.4 is 68.4 Å². The zero-order chi connectivity index (χ0) is 24.5. The molecule has 4 rings (SSSR count). The maximum atomic E-state index is 13.0. The number of benzene rings is 2. The Morgan fingerprint density at radius 3 is 2.18 bits per heavy atom. The van der Waals surface area contributed by atoms with Crippen molar-refractivity contribution in [3.8, 4) is 0 Å². The van der Waals surface area contributed by atoms with Crippen molar-refractivity contribution in [2.24, 2.45) is 0 Å². The lowest BCUT2D eigenvalue weighted by molar-refractivity contribution is -1.02. The zero-order valence-corrected chi connectivity index (χ0v) is 23.5. The summed E-state index contributed by atoms with van der Waals surface area (Å²) < 4.78 is 13.0. The molecule has 0 atom stereocenters. The molecular weight excluding hydrogens is 550 g/mol. The van der Waals surface area contributed by atoms with Crippen LogP contribution in [0.25, 0.3) is 0 Å². The van der Waals surface area contributed by atoms with Gasteiger partial charge in [-0.2, -0.15) is 0 Å². The molecule has 11 heteroatoms. The number of H-pyrrole nitrogens is 1. The molecule has 1 saturated heterocycles. The molecule has 1 aromatic heterocycles. The quantitative estimate of drug-likeness (QED) is 0.164. The molecule has 2 heterocycles. The van der Waals surface area contributed by atoms with Gasteiger partial charge in [-0.05, 0) is 23.8 Å². The van der Waals surface area contributed by atoms with E-state index in [0.29, 0.717) is 24.5 Å². The molecule has 0 saturated carbocycles. The third-order valence-corrected chi connectivity index (χ3v) is 6.54. The van der Waals surface area contributed by atoms with Crippen molar-refractivity contribution in [2.45, 2.75) is 25.9 Å². The van der Waals surface area contributed by atoms with Gasteiger partial charge in [0.05, 0.1) is 13.1 Å². The summed E-state index contributed by atoms with van der Waals surface area (Å²) in [4.78, 5) is 18.7. The van der Waals surface area contributed by atoms with Gasteiger partial charge in [-0.3, -0.25) is 4.79 Å². The van der Waals surface area contributed by atoms with Gasteiger partial charge in [-0.15, -0.1) is 0 Å². The normalized spacial score (nSPS) is 16.2. The van der Waals surface area contributed by atoms with Gasteiger partial charge in [0.25, 0.3) is 0 Å². The number of halogens is 4. The van der Waals surface area contributed by atoms with Crippen LogP contribution >= 0.6 is 0 Å². The van der Waals surface area contributed by atoms with Gasteiger partial charge in [-0.25, -0.2) is 9.37 Å². The summed E-state index contributed by atoms with van der Waals surface area (Å²) >= 11 is 0. The third kappa shape index (κ3) is 10.6. The molecule has 3 aromatic rings. The minimum atomic E-state index is -0.256. The van der Waals surface area contributed by atoms with Gasteiger partial charge in [-0.1, -0.05) is 42.5 Å². The molecule has 0 bridgehead atoms. The number of nitrogens with one attached hydrogen (secondary N) is 5. The molecular formula is C27H36Cl3FN6O. The predicted molar refractivity (Wildman–Crippen MR) is 135 cm³/mol. The molecule has 208 valence electrons. The largest absolute Gasteiger partial charge is 1.00 e. The topological polar surface area (TPSA) is 90.2 Å². The predicted octanol–water partition coefficient (Wildman–Crippen LogP) is -8.45. The van der Waals surface area contributed by atoms with Crippen LogP contribution in [0.1, 0.15) is 24.0 Å². The molecule has 7 nitrogen and oxygen atoms in total. The molecule has 38 heavy (non-hydrogen) atoms. The lowest BCUT2D eigenvalue weighted by atomic mass is 10.2. The monoisotopic (exact) mass is 584 g/mol. The number of rotatable bonds is 10. The number of anilines is 3. The number of amides is 1. The van der Waals surface area contributed by atoms with E-state index in [1.165, 1.54) is 30.8 Å². The van der Waals surface area contributed by atoms with E-state index in [4.69, 9.17) is 5.73 Å². The molecule has 0 unspecified atom stereocenters. The smallest absolute Gasteiger partial charge is 0.241 e. The van der Waals surface area contributed by atoms with Crippen molar-refractivity contribution < 1.29 is 61.2 Å². The number of quaternary nitrogens is 2. The molecule has 0 spiro atoms. The van der Waals surface area contributed by atoms with Crippen molar-refractivity contribution in [3.05, 3.63) is 83.7 Å². The molecule has 2 aromatic carbocycles. The van der Waals surface area contributed by atoms with Crippen molar-refractivity contribution in [3.63, 3.8) is 0 Å². The van der Waals surface area contributed by atoms with E-state index >= 15 is 0 Å². The highest BCUT2D eigenvalue weighted by atomic mass is 35.5. The minimum absolute atomic E-state index is 0. The number of hydrogen-bond acceptors (Lipinski definition) is 3. The summed E-state index contributed by atoms with van der Waals surface area (Å²) in [5.41, 5.74) is 9.04. The summed E-state index contributed by atoms with van der Waals surface area (Å²) in [5.74, 6) is 0.839. The number of nitrogens with two attached hydrogens (primary N) is 1. The van der Waals surface area contributed by atoms with Crippen LogP contribution in [0.2, 0.25) is 0 Å². The number of carbonyl (C=O) groups excluding carboxylic acids is 1. The molecule has 0 aliphatic carbocycles. The van der Waals surface area contributed by atoms with Crippen LogP contribution in [0.15, 0.2) is 66.7 Å². The van der Waals surface area contributed by atoms with Crippen molar-refractivity contribution in [1.82, 2.24) is 0 Å². The van der Waals surface area contributed by atoms with E-state index in [1.54, 1.807) is 28.0 Å². The summed E-state index contributed by atoms with van der Waals surface area (Å²) in [5, 5.41) is 6.13. The van der Waals surface area contributed by atoms with Gasteiger partial charge in [0, 0.05) is 24.5 Å². The van der Waals surface area contributed by atoms with E-state index in [1.807, 2.05) is 6.07 Å². The molecule has 1 fully saturated rings. The highest BCUT2D eigenvalue weighted by molar-refractivity contribution is 5.92. The lowest BCUT2D eigenvalue weighted by Gasteiger charge is -2.29. The third-order valence-electron chi connectivity index (χ3n) is 6.54. The maximum Gasteiger partial charge on any atom is 0.241 e. The summed E-state index contributed by atoms with van der Waals surface area (Å²) in [6.45, 7) is 7.28. The van der Waals surface area contributed by atoms with E-state index in [9.17, 15) is 9.18 Å². The Morgan fingerprint density at radius 2 is 1.53 bits per heavy atom. The van der Waals surface area contributed by atoms with Gasteiger partial charge >= 0.3 is 0 Å².